The minimum absolute atomic E-state index is 0.0706. The Labute approximate surface area is 76.2 Å². The van der Waals surface area contributed by atoms with Gasteiger partial charge in [-0.25, -0.2) is 4.98 Å². The molecule has 5 heteroatoms. The van der Waals surface area contributed by atoms with Gasteiger partial charge in [0.05, 0.1) is 18.6 Å². The fraction of sp³-hybridized carbons (Fsp3) is 0.500. The quantitative estimate of drug-likeness (QED) is 0.628. The van der Waals surface area contributed by atoms with E-state index in [1.54, 1.807) is 18.3 Å². The van der Waals surface area contributed by atoms with E-state index in [1.807, 2.05) is 6.92 Å². The van der Waals surface area contributed by atoms with Crippen molar-refractivity contribution in [1.29, 1.82) is 0 Å². The number of carbonyl (C=O) groups is 1. The first-order valence-electron chi connectivity index (χ1n) is 4.19. The highest BCUT2D eigenvalue weighted by atomic mass is 16.2. The van der Waals surface area contributed by atoms with E-state index in [1.165, 1.54) is 0 Å². The molecule has 1 saturated heterocycles. The molecule has 1 atom stereocenters. The van der Waals surface area contributed by atoms with Crippen molar-refractivity contribution in [3.8, 4) is 0 Å². The smallest absolute Gasteiger partial charge is 0.237 e. The van der Waals surface area contributed by atoms with Gasteiger partial charge in [-0.2, -0.15) is 0 Å². The van der Waals surface area contributed by atoms with Gasteiger partial charge in [0, 0.05) is 12.7 Å². The van der Waals surface area contributed by atoms with Gasteiger partial charge in [-0.05, 0) is 6.92 Å². The normalized spacial score (nSPS) is 22.8. The number of aromatic nitrogens is 2. The molecule has 0 bridgehead atoms. The van der Waals surface area contributed by atoms with E-state index < -0.39 is 0 Å². The maximum absolute atomic E-state index is 11.2. The number of aromatic amines is 1. The molecule has 0 aromatic carbocycles. The molecule has 1 aliphatic rings. The topological polar surface area (TPSA) is 61.0 Å². The molecule has 1 unspecified atom stereocenters. The monoisotopic (exact) mass is 180 g/mol. The highest BCUT2D eigenvalue weighted by Gasteiger charge is 2.30. The third-order valence-electron chi connectivity index (χ3n) is 2.36. The van der Waals surface area contributed by atoms with Gasteiger partial charge in [-0.1, -0.05) is 0 Å². The summed E-state index contributed by atoms with van der Waals surface area (Å²) in [4.78, 5) is 20.0. The number of nitrogens with zero attached hydrogens (tertiary/aromatic N) is 2. The molecule has 1 amide bonds. The summed E-state index contributed by atoms with van der Waals surface area (Å²) in [6.45, 7) is 2.34. The van der Waals surface area contributed by atoms with Crippen LogP contribution >= 0.6 is 0 Å². The summed E-state index contributed by atoms with van der Waals surface area (Å²) in [6, 6.07) is 0. The van der Waals surface area contributed by atoms with E-state index in [0.717, 1.165) is 11.4 Å². The first-order chi connectivity index (χ1) is 6.20. The van der Waals surface area contributed by atoms with Crippen molar-refractivity contribution < 1.29 is 4.79 Å². The summed E-state index contributed by atoms with van der Waals surface area (Å²) in [7, 11) is 1.78. The Balaban J connectivity index is 2.28. The third-order valence-corrected chi connectivity index (χ3v) is 2.36. The number of H-pyrrole nitrogens is 1. The zero-order valence-corrected chi connectivity index (χ0v) is 7.66. The van der Waals surface area contributed by atoms with Crippen LogP contribution in [0.2, 0.25) is 0 Å². The second-order valence-electron chi connectivity index (χ2n) is 3.20. The van der Waals surface area contributed by atoms with Crippen LogP contribution in [0.4, 0.5) is 0 Å². The Hall–Kier alpha value is -1.36. The summed E-state index contributed by atoms with van der Waals surface area (Å²) in [5, 5.41) is 3.09. The van der Waals surface area contributed by atoms with Gasteiger partial charge < -0.3 is 9.88 Å². The lowest BCUT2D eigenvalue weighted by molar-refractivity contribution is -0.126. The van der Waals surface area contributed by atoms with Crippen molar-refractivity contribution in [2.24, 2.45) is 0 Å². The second-order valence-corrected chi connectivity index (χ2v) is 3.20. The van der Waals surface area contributed by atoms with E-state index in [0.29, 0.717) is 6.54 Å². The van der Waals surface area contributed by atoms with Crippen LogP contribution in [0.1, 0.15) is 17.6 Å². The second kappa shape index (κ2) is 2.85. The first-order valence-corrected chi connectivity index (χ1v) is 4.19. The highest BCUT2D eigenvalue weighted by Crippen LogP contribution is 2.20. The van der Waals surface area contributed by atoms with Crippen LogP contribution in [0, 0.1) is 6.92 Å². The minimum atomic E-state index is -0.0706. The highest BCUT2D eigenvalue weighted by molar-refractivity contribution is 5.80. The maximum atomic E-state index is 11.2. The molecule has 0 saturated carbocycles. The summed E-state index contributed by atoms with van der Waals surface area (Å²) in [5.74, 6) is 0.104. The van der Waals surface area contributed by atoms with E-state index in [4.69, 9.17) is 0 Å². The Kier molecular flexibility index (Phi) is 1.81. The first kappa shape index (κ1) is 8.25. The van der Waals surface area contributed by atoms with E-state index in [2.05, 4.69) is 15.3 Å². The molecule has 2 heterocycles. The lowest BCUT2D eigenvalue weighted by Gasteiger charge is -2.17. The van der Waals surface area contributed by atoms with Gasteiger partial charge in [-0.3, -0.25) is 10.1 Å². The number of hydrogen-bond acceptors (Lipinski definition) is 3. The molecule has 2 N–H and O–H groups in total. The third kappa shape index (κ3) is 1.21. The van der Waals surface area contributed by atoms with Crippen molar-refractivity contribution in [2.75, 3.05) is 13.6 Å². The van der Waals surface area contributed by atoms with Crippen LogP contribution in [0.5, 0.6) is 0 Å². The average molecular weight is 180 g/mol. The van der Waals surface area contributed by atoms with Gasteiger partial charge in [0.2, 0.25) is 5.91 Å². The van der Waals surface area contributed by atoms with Crippen molar-refractivity contribution >= 4 is 5.91 Å². The van der Waals surface area contributed by atoms with E-state index >= 15 is 0 Å². The molecule has 0 spiro atoms. The number of likely N-dealkylation sites (N-methyl/N-ethyl adjacent to an activating group) is 1. The Bertz CT molecular complexity index is 333. The minimum Gasteiger partial charge on any atom is -0.348 e. The largest absolute Gasteiger partial charge is 0.348 e. The summed E-state index contributed by atoms with van der Waals surface area (Å²) in [6.07, 6.45) is 1.57. The van der Waals surface area contributed by atoms with Crippen LogP contribution < -0.4 is 5.32 Å². The Morgan fingerprint density at radius 2 is 2.46 bits per heavy atom. The van der Waals surface area contributed by atoms with Crippen molar-refractivity contribution in [1.82, 2.24) is 20.2 Å². The Morgan fingerprint density at radius 3 is 2.92 bits per heavy atom. The van der Waals surface area contributed by atoms with Gasteiger partial charge >= 0.3 is 0 Å². The number of imidazole rings is 1. The van der Waals surface area contributed by atoms with Crippen LogP contribution in [-0.4, -0.2) is 34.4 Å². The van der Waals surface area contributed by atoms with Crippen molar-refractivity contribution in [2.45, 2.75) is 13.1 Å². The molecule has 13 heavy (non-hydrogen) atoms. The predicted octanol–water partition coefficient (Wildman–Crippen LogP) is -0.222. The molecular formula is C8H12N4O. The van der Waals surface area contributed by atoms with Crippen LogP contribution in [0.3, 0.4) is 0 Å². The van der Waals surface area contributed by atoms with Crippen LogP contribution in [0.15, 0.2) is 6.33 Å². The molecule has 1 fully saturated rings. The molecule has 2 rings (SSSR count). The van der Waals surface area contributed by atoms with Crippen molar-refractivity contribution in [3.05, 3.63) is 17.7 Å². The predicted molar refractivity (Wildman–Crippen MR) is 46.8 cm³/mol. The standard InChI is InChI=1S/C8H12N4O/c1-5-7(11-4-10-5)8-9-3-6(13)12(8)2/h4,8-9H,3H2,1-2H3,(H,10,11). The fourth-order valence-electron chi connectivity index (χ4n) is 1.51. The number of hydrogen-bond donors (Lipinski definition) is 2. The molecule has 1 aromatic heterocycles. The number of carbonyl (C=O) groups excluding carboxylic acids is 1. The molecule has 0 aliphatic carbocycles. The lowest BCUT2D eigenvalue weighted by atomic mass is 10.3. The average Bonchev–Trinajstić information content (AvgIpc) is 2.62. The lowest BCUT2D eigenvalue weighted by Crippen LogP contribution is -2.26. The zero-order valence-electron chi connectivity index (χ0n) is 7.66. The summed E-state index contributed by atoms with van der Waals surface area (Å²) in [5.41, 5.74) is 1.90. The number of nitrogens with one attached hydrogen (secondary N) is 2. The van der Waals surface area contributed by atoms with Gasteiger partial charge in [0.1, 0.15) is 6.17 Å². The molecule has 1 aromatic rings. The summed E-state index contributed by atoms with van der Waals surface area (Å²) >= 11 is 0. The SMILES string of the molecule is Cc1[nH]cnc1C1NCC(=O)N1C. The van der Waals surface area contributed by atoms with Gasteiger partial charge in [-0.15, -0.1) is 0 Å². The van der Waals surface area contributed by atoms with Crippen LogP contribution in [0.25, 0.3) is 0 Å². The molecule has 0 radical (unpaired) electrons. The van der Waals surface area contributed by atoms with E-state index in [9.17, 15) is 4.79 Å². The van der Waals surface area contributed by atoms with Crippen LogP contribution in [-0.2, 0) is 4.79 Å². The van der Waals surface area contributed by atoms with Gasteiger partial charge in [0.25, 0.3) is 0 Å². The Morgan fingerprint density at radius 1 is 1.69 bits per heavy atom. The molecule has 1 aliphatic heterocycles. The number of rotatable bonds is 1. The fourth-order valence-corrected chi connectivity index (χ4v) is 1.51. The van der Waals surface area contributed by atoms with Gasteiger partial charge in [0.15, 0.2) is 0 Å². The molecule has 5 nitrogen and oxygen atoms in total. The number of aryl methyl sites for hydroxylation is 1. The summed E-state index contributed by atoms with van der Waals surface area (Å²) < 4.78 is 0. The molecule has 70 valence electrons. The maximum Gasteiger partial charge on any atom is 0.237 e. The number of amides is 1. The van der Waals surface area contributed by atoms with Crippen molar-refractivity contribution in [3.63, 3.8) is 0 Å². The zero-order chi connectivity index (χ0) is 9.42. The molecular weight excluding hydrogens is 168 g/mol. The van der Waals surface area contributed by atoms with E-state index in [-0.39, 0.29) is 12.1 Å².